The minimum absolute atomic E-state index is 0.0414. The molecule has 0 aliphatic carbocycles. The molecule has 6 heteroatoms. The average Bonchev–Trinajstić information content (AvgIpc) is 2.42. The molecule has 0 saturated carbocycles. The predicted molar refractivity (Wildman–Crippen MR) is 73.5 cm³/mol. The third-order valence-corrected chi connectivity index (χ3v) is 3.09. The van der Waals surface area contributed by atoms with Crippen molar-refractivity contribution in [2.45, 2.75) is 39.4 Å². The van der Waals surface area contributed by atoms with Crippen LogP contribution < -0.4 is 10.5 Å². The summed E-state index contributed by atoms with van der Waals surface area (Å²) in [6.45, 7) is 3.74. The van der Waals surface area contributed by atoms with E-state index >= 15 is 0 Å². The first-order valence-electron chi connectivity index (χ1n) is 6.64. The van der Waals surface area contributed by atoms with E-state index in [9.17, 15) is 13.2 Å². The normalized spacial score (nSPS) is 12.0. The molecule has 116 valence electrons. The van der Waals surface area contributed by atoms with Crippen LogP contribution in [0.1, 0.15) is 37.8 Å². The topological polar surface area (TPSA) is 59.0 Å². The molecule has 1 aromatic carbocycles. The second-order valence-electron chi connectivity index (χ2n) is 5.48. The van der Waals surface area contributed by atoms with Crippen LogP contribution in [0.3, 0.4) is 0 Å². The van der Waals surface area contributed by atoms with E-state index in [1.54, 1.807) is 13.8 Å². The summed E-state index contributed by atoms with van der Waals surface area (Å²) in [7, 11) is 0. The lowest BCUT2D eigenvalue weighted by Crippen LogP contribution is -2.13. The van der Waals surface area contributed by atoms with Gasteiger partial charge >= 0.3 is 6.18 Å². The first-order chi connectivity index (χ1) is 9.69. The molecule has 0 aliphatic rings. The van der Waals surface area contributed by atoms with Gasteiger partial charge in [-0.25, -0.2) is 0 Å². The summed E-state index contributed by atoms with van der Waals surface area (Å²) >= 11 is 0. The molecule has 0 aliphatic heterocycles. The number of nitrogens with two attached hydrogens (primary N) is 1. The SMILES string of the molecule is CC(C)(C#N)CCCOc1ccc(CN)cc1C(F)(F)F. The molecule has 21 heavy (non-hydrogen) atoms. The van der Waals surface area contributed by atoms with Crippen LogP contribution in [0, 0.1) is 16.7 Å². The van der Waals surface area contributed by atoms with Crippen molar-refractivity contribution in [3.8, 4) is 11.8 Å². The highest BCUT2D eigenvalue weighted by molar-refractivity contribution is 5.39. The molecule has 0 radical (unpaired) electrons. The van der Waals surface area contributed by atoms with Gasteiger partial charge in [-0.05, 0) is 44.4 Å². The Bertz CT molecular complexity index is 519. The van der Waals surface area contributed by atoms with Crippen molar-refractivity contribution < 1.29 is 17.9 Å². The van der Waals surface area contributed by atoms with Crippen molar-refractivity contribution in [2.24, 2.45) is 11.1 Å². The number of halogens is 3. The van der Waals surface area contributed by atoms with E-state index in [0.717, 1.165) is 6.07 Å². The molecule has 2 N–H and O–H groups in total. The molecular formula is C15H19F3N2O. The highest BCUT2D eigenvalue weighted by Crippen LogP contribution is 2.37. The van der Waals surface area contributed by atoms with Crippen molar-refractivity contribution in [1.29, 1.82) is 5.26 Å². The Labute approximate surface area is 122 Å². The highest BCUT2D eigenvalue weighted by Gasteiger charge is 2.34. The van der Waals surface area contributed by atoms with Gasteiger partial charge in [0.2, 0.25) is 0 Å². The maximum Gasteiger partial charge on any atom is 0.419 e. The zero-order chi connectivity index (χ0) is 16.1. The van der Waals surface area contributed by atoms with Gasteiger partial charge in [-0.3, -0.25) is 0 Å². The second kappa shape index (κ2) is 6.81. The number of benzene rings is 1. The monoisotopic (exact) mass is 300 g/mol. The lowest BCUT2D eigenvalue weighted by atomic mass is 9.90. The molecule has 0 saturated heterocycles. The number of nitriles is 1. The van der Waals surface area contributed by atoms with E-state index in [4.69, 9.17) is 15.7 Å². The first kappa shape index (κ1) is 17.3. The zero-order valence-electron chi connectivity index (χ0n) is 12.1. The van der Waals surface area contributed by atoms with Gasteiger partial charge < -0.3 is 10.5 Å². The van der Waals surface area contributed by atoms with Crippen molar-refractivity contribution in [1.82, 2.24) is 0 Å². The summed E-state index contributed by atoms with van der Waals surface area (Å²) in [4.78, 5) is 0. The zero-order valence-corrected chi connectivity index (χ0v) is 12.1. The number of rotatable bonds is 6. The molecule has 0 amide bonds. The van der Waals surface area contributed by atoms with E-state index in [1.165, 1.54) is 12.1 Å². The number of hydrogen-bond donors (Lipinski definition) is 1. The Morgan fingerprint density at radius 1 is 1.29 bits per heavy atom. The van der Waals surface area contributed by atoms with Crippen molar-refractivity contribution >= 4 is 0 Å². The summed E-state index contributed by atoms with van der Waals surface area (Å²) in [5.74, 6) is -0.200. The maximum atomic E-state index is 13.0. The van der Waals surface area contributed by atoms with Crippen molar-refractivity contribution in [3.63, 3.8) is 0 Å². The maximum absolute atomic E-state index is 13.0. The Kier molecular flexibility index (Phi) is 5.62. The van der Waals surface area contributed by atoms with Crippen LogP contribution in [0.25, 0.3) is 0 Å². The molecule has 0 spiro atoms. The fraction of sp³-hybridized carbons (Fsp3) is 0.533. The quantitative estimate of drug-likeness (QED) is 0.811. The Morgan fingerprint density at radius 2 is 1.95 bits per heavy atom. The van der Waals surface area contributed by atoms with Gasteiger partial charge in [0.05, 0.1) is 23.7 Å². The summed E-state index contributed by atoms with van der Waals surface area (Å²) in [6, 6.07) is 5.96. The Hall–Kier alpha value is -1.74. The third kappa shape index (κ3) is 5.27. The fourth-order valence-corrected chi connectivity index (χ4v) is 1.80. The molecular weight excluding hydrogens is 281 g/mol. The molecule has 0 unspecified atom stereocenters. The third-order valence-electron chi connectivity index (χ3n) is 3.09. The van der Waals surface area contributed by atoms with Crippen molar-refractivity contribution in [3.05, 3.63) is 29.3 Å². The molecule has 0 bridgehead atoms. The standard InChI is InChI=1S/C15H19F3N2O/c1-14(2,10-20)6-3-7-21-13-5-4-11(9-19)8-12(13)15(16,17)18/h4-5,8H,3,6-7,9,19H2,1-2H3. The molecule has 0 fully saturated rings. The van der Waals surface area contributed by atoms with Gasteiger partial charge in [0.15, 0.2) is 0 Å². The number of nitrogens with zero attached hydrogens (tertiary/aromatic N) is 1. The van der Waals surface area contributed by atoms with Crippen LogP contribution in [-0.4, -0.2) is 6.61 Å². The summed E-state index contributed by atoms with van der Waals surface area (Å²) < 4.78 is 44.1. The minimum atomic E-state index is -4.48. The van der Waals surface area contributed by atoms with Gasteiger partial charge in [-0.2, -0.15) is 18.4 Å². The molecule has 0 heterocycles. The van der Waals surface area contributed by atoms with Gasteiger partial charge in [0.25, 0.3) is 0 Å². The second-order valence-corrected chi connectivity index (χ2v) is 5.48. The average molecular weight is 300 g/mol. The Morgan fingerprint density at radius 3 is 2.48 bits per heavy atom. The molecule has 3 nitrogen and oxygen atoms in total. The van der Waals surface area contributed by atoms with Gasteiger partial charge in [0, 0.05) is 6.54 Å². The van der Waals surface area contributed by atoms with E-state index in [-0.39, 0.29) is 18.9 Å². The Balaban J connectivity index is 2.73. The molecule has 1 rings (SSSR count). The van der Waals surface area contributed by atoms with Crippen LogP contribution >= 0.6 is 0 Å². The number of hydrogen-bond acceptors (Lipinski definition) is 3. The first-order valence-corrected chi connectivity index (χ1v) is 6.64. The number of ether oxygens (including phenoxy) is 1. The molecule has 0 aromatic heterocycles. The largest absolute Gasteiger partial charge is 0.493 e. The van der Waals surface area contributed by atoms with E-state index in [1.807, 2.05) is 0 Å². The van der Waals surface area contributed by atoms with Gasteiger partial charge in [-0.15, -0.1) is 0 Å². The minimum Gasteiger partial charge on any atom is -0.493 e. The van der Waals surface area contributed by atoms with E-state index < -0.39 is 17.2 Å². The van der Waals surface area contributed by atoms with Crippen LogP contribution in [0.15, 0.2) is 18.2 Å². The van der Waals surface area contributed by atoms with E-state index in [2.05, 4.69) is 6.07 Å². The lowest BCUT2D eigenvalue weighted by molar-refractivity contribution is -0.139. The molecule has 0 atom stereocenters. The van der Waals surface area contributed by atoms with Crippen molar-refractivity contribution in [2.75, 3.05) is 6.61 Å². The van der Waals surface area contributed by atoms with Crippen LogP contribution in [0.2, 0.25) is 0 Å². The number of alkyl halides is 3. The summed E-state index contributed by atoms with van der Waals surface area (Å²) in [6.07, 6.45) is -3.41. The van der Waals surface area contributed by atoms with Crippen LogP contribution in [0.4, 0.5) is 13.2 Å². The van der Waals surface area contributed by atoms with E-state index in [0.29, 0.717) is 18.4 Å². The highest BCUT2D eigenvalue weighted by atomic mass is 19.4. The summed E-state index contributed by atoms with van der Waals surface area (Å²) in [5.41, 5.74) is 4.45. The molecule has 1 aromatic rings. The predicted octanol–water partition coefficient (Wildman–Crippen LogP) is 3.87. The lowest BCUT2D eigenvalue weighted by Gasteiger charge is -2.17. The fourth-order valence-electron chi connectivity index (χ4n) is 1.80. The summed E-state index contributed by atoms with van der Waals surface area (Å²) in [5, 5.41) is 8.87. The smallest absolute Gasteiger partial charge is 0.419 e. The van der Waals surface area contributed by atoms with Gasteiger partial charge in [-0.1, -0.05) is 6.07 Å². The van der Waals surface area contributed by atoms with Gasteiger partial charge in [0.1, 0.15) is 5.75 Å². The van der Waals surface area contributed by atoms with Crippen LogP contribution in [-0.2, 0) is 12.7 Å². The van der Waals surface area contributed by atoms with Crippen LogP contribution in [0.5, 0.6) is 5.75 Å².